The van der Waals surface area contributed by atoms with E-state index in [4.69, 9.17) is 11.6 Å². The second kappa shape index (κ2) is 7.67. The van der Waals surface area contributed by atoms with Crippen LogP contribution in [0.2, 0.25) is 5.02 Å². The van der Waals surface area contributed by atoms with E-state index in [0.717, 1.165) is 18.4 Å². The molecule has 3 rings (SSSR count). The molecule has 1 aromatic carbocycles. The molecule has 2 aliphatic rings. The molecule has 2 aliphatic heterocycles. The highest BCUT2D eigenvalue weighted by atomic mass is 35.5. The Morgan fingerprint density at radius 2 is 2.05 bits per heavy atom. The average molecular weight is 343 g/mol. The molecule has 122 valence electrons. The van der Waals surface area contributed by atoms with Gasteiger partial charge < -0.3 is 10.6 Å². The summed E-state index contributed by atoms with van der Waals surface area (Å²) < 4.78 is 0. The van der Waals surface area contributed by atoms with Crippen molar-refractivity contribution in [1.82, 2.24) is 10.6 Å². The van der Waals surface area contributed by atoms with Gasteiger partial charge in [-0.15, -0.1) is 12.4 Å². The Balaban J connectivity index is 0.00000176. The van der Waals surface area contributed by atoms with Crippen LogP contribution in [0.15, 0.2) is 24.3 Å². The minimum absolute atomic E-state index is 0. The summed E-state index contributed by atoms with van der Waals surface area (Å²) in [5.41, 5.74) is 1.06. The van der Waals surface area contributed by atoms with E-state index >= 15 is 0 Å². The zero-order chi connectivity index (χ0) is 14.8. The Kier molecular flexibility index (Phi) is 6.13. The molecular weight excluding hydrogens is 319 g/mol. The number of amides is 1. The van der Waals surface area contributed by atoms with Crippen LogP contribution in [0.5, 0.6) is 0 Å². The lowest BCUT2D eigenvalue weighted by atomic mass is 9.89. The zero-order valence-corrected chi connectivity index (χ0v) is 14.4. The smallest absolute Gasteiger partial charge is 0.220 e. The maximum absolute atomic E-state index is 12.2. The van der Waals surface area contributed by atoms with Crippen molar-refractivity contribution in [2.75, 3.05) is 0 Å². The molecule has 0 radical (unpaired) electrons. The highest BCUT2D eigenvalue weighted by Gasteiger charge is 2.34. The van der Waals surface area contributed by atoms with E-state index in [1.54, 1.807) is 0 Å². The van der Waals surface area contributed by atoms with Crippen LogP contribution in [0.4, 0.5) is 0 Å². The third-order valence-corrected chi connectivity index (χ3v) is 5.01. The fourth-order valence-electron chi connectivity index (χ4n) is 3.76. The summed E-state index contributed by atoms with van der Waals surface area (Å²) in [6.07, 6.45) is 5.51. The molecule has 2 saturated heterocycles. The van der Waals surface area contributed by atoms with Gasteiger partial charge in [-0.25, -0.2) is 0 Å². The van der Waals surface area contributed by atoms with E-state index in [9.17, 15) is 4.79 Å². The summed E-state index contributed by atoms with van der Waals surface area (Å²) >= 11 is 6.00. The molecule has 3 atom stereocenters. The second-order valence-corrected chi connectivity index (χ2v) is 6.96. The van der Waals surface area contributed by atoms with Crippen molar-refractivity contribution in [2.24, 2.45) is 5.92 Å². The number of hydrogen-bond acceptors (Lipinski definition) is 2. The van der Waals surface area contributed by atoms with Gasteiger partial charge in [0, 0.05) is 23.5 Å². The van der Waals surface area contributed by atoms with Gasteiger partial charge in [0.2, 0.25) is 5.91 Å². The monoisotopic (exact) mass is 342 g/mol. The van der Waals surface area contributed by atoms with Crippen LogP contribution < -0.4 is 10.6 Å². The summed E-state index contributed by atoms with van der Waals surface area (Å²) in [6.45, 7) is 2.01. The van der Waals surface area contributed by atoms with Crippen LogP contribution in [0.3, 0.4) is 0 Å². The Bertz CT molecular complexity index is 511. The maximum Gasteiger partial charge on any atom is 0.220 e. The Morgan fingerprint density at radius 1 is 1.36 bits per heavy atom. The fourth-order valence-corrected chi connectivity index (χ4v) is 3.96. The molecule has 22 heavy (non-hydrogen) atoms. The van der Waals surface area contributed by atoms with Crippen molar-refractivity contribution >= 4 is 29.9 Å². The fraction of sp³-hybridized carbons (Fsp3) is 0.588. The van der Waals surface area contributed by atoms with Gasteiger partial charge in [0.1, 0.15) is 0 Å². The molecule has 3 unspecified atom stereocenters. The van der Waals surface area contributed by atoms with Gasteiger partial charge in [-0.1, -0.05) is 23.7 Å². The molecule has 0 spiro atoms. The average Bonchev–Trinajstić information content (AvgIpc) is 2.77. The zero-order valence-electron chi connectivity index (χ0n) is 12.8. The minimum atomic E-state index is 0. The maximum atomic E-state index is 12.2. The predicted molar refractivity (Wildman–Crippen MR) is 92.5 cm³/mol. The molecule has 1 amide bonds. The van der Waals surface area contributed by atoms with Crippen LogP contribution in [-0.4, -0.2) is 18.0 Å². The van der Waals surface area contributed by atoms with Crippen molar-refractivity contribution in [3.63, 3.8) is 0 Å². The van der Waals surface area contributed by atoms with Crippen LogP contribution >= 0.6 is 24.0 Å². The SMILES string of the molecule is CC(NC(=O)CC1CC2CCC(C1)N2)c1cccc(Cl)c1.Cl. The molecule has 0 saturated carbocycles. The van der Waals surface area contributed by atoms with Gasteiger partial charge in [-0.3, -0.25) is 4.79 Å². The Morgan fingerprint density at radius 3 is 2.68 bits per heavy atom. The van der Waals surface area contributed by atoms with Crippen molar-refractivity contribution in [1.29, 1.82) is 0 Å². The predicted octanol–water partition coefficient (Wildman–Crippen LogP) is 3.86. The largest absolute Gasteiger partial charge is 0.350 e. The van der Waals surface area contributed by atoms with Crippen molar-refractivity contribution in [2.45, 2.75) is 57.2 Å². The third-order valence-electron chi connectivity index (χ3n) is 4.77. The van der Waals surface area contributed by atoms with Crippen molar-refractivity contribution < 1.29 is 4.79 Å². The molecule has 2 bridgehead atoms. The van der Waals surface area contributed by atoms with Gasteiger partial charge in [0.25, 0.3) is 0 Å². The van der Waals surface area contributed by atoms with E-state index < -0.39 is 0 Å². The third kappa shape index (κ3) is 4.37. The van der Waals surface area contributed by atoms with Gasteiger partial charge in [0.15, 0.2) is 0 Å². The summed E-state index contributed by atoms with van der Waals surface area (Å²) in [5, 5.41) is 7.43. The Labute approximate surface area is 143 Å². The normalized spacial score (nSPS) is 27.8. The molecule has 2 heterocycles. The molecule has 2 N–H and O–H groups in total. The van der Waals surface area contributed by atoms with Crippen LogP contribution in [0.25, 0.3) is 0 Å². The van der Waals surface area contributed by atoms with Crippen molar-refractivity contribution in [3.8, 4) is 0 Å². The molecule has 1 aromatic rings. The van der Waals surface area contributed by atoms with Crippen LogP contribution in [-0.2, 0) is 4.79 Å². The van der Waals surface area contributed by atoms with E-state index in [0.29, 0.717) is 29.4 Å². The van der Waals surface area contributed by atoms with Gasteiger partial charge >= 0.3 is 0 Å². The number of rotatable bonds is 4. The molecule has 2 fully saturated rings. The van der Waals surface area contributed by atoms with Gasteiger partial charge in [-0.2, -0.15) is 0 Å². The summed E-state index contributed by atoms with van der Waals surface area (Å²) in [4.78, 5) is 12.2. The Hall–Kier alpha value is -0.770. The van der Waals surface area contributed by atoms with Gasteiger partial charge in [-0.05, 0) is 56.2 Å². The lowest BCUT2D eigenvalue weighted by Crippen LogP contribution is -2.40. The molecular formula is C17H24Cl2N2O. The van der Waals surface area contributed by atoms with Crippen LogP contribution in [0, 0.1) is 5.92 Å². The van der Waals surface area contributed by atoms with E-state index in [2.05, 4.69) is 10.6 Å². The number of carbonyl (C=O) groups is 1. The van der Waals surface area contributed by atoms with E-state index in [1.807, 2.05) is 31.2 Å². The number of fused-ring (bicyclic) bond motifs is 2. The molecule has 3 nitrogen and oxygen atoms in total. The first-order valence-electron chi connectivity index (χ1n) is 7.91. The number of hydrogen-bond donors (Lipinski definition) is 2. The first-order chi connectivity index (χ1) is 10.1. The standard InChI is InChI=1S/C17H23ClN2O.ClH/c1-11(13-3-2-4-14(18)10-13)19-17(21)9-12-7-15-5-6-16(8-12)20-15;/h2-4,10-12,15-16,20H,5-9H2,1H3,(H,19,21);1H. The van der Waals surface area contributed by atoms with Crippen LogP contribution in [0.1, 0.15) is 50.6 Å². The molecule has 0 aromatic heterocycles. The van der Waals surface area contributed by atoms with Crippen molar-refractivity contribution in [3.05, 3.63) is 34.9 Å². The topological polar surface area (TPSA) is 41.1 Å². The molecule has 0 aliphatic carbocycles. The lowest BCUT2D eigenvalue weighted by Gasteiger charge is -2.29. The number of piperidine rings is 1. The minimum Gasteiger partial charge on any atom is -0.350 e. The highest BCUT2D eigenvalue weighted by molar-refractivity contribution is 6.30. The number of nitrogens with one attached hydrogen (secondary N) is 2. The van der Waals surface area contributed by atoms with Gasteiger partial charge in [0.05, 0.1) is 6.04 Å². The number of benzene rings is 1. The quantitative estimate of drug-likeness (QED) is 0.872. The summed E-state index contributed by atoms with van der Waals surface area (Å²) in [7, 11) is 0. The highest BCUT2D eigenvalue weighted by Crippen LogP contribution is 2.32. The van der Waals surface area contributed by atoms with E-state index in [-0.39, 0.29) is 24.4 Å². The number of halogens is 2. The summed E-state index contributed by atoms with van der Waals surface area (Å²) in [6, 6.07) is 8.99. The van der Waals surface area contributed by atoms with E-state index in [1.165, 1.54) is 12.8 Å². The second-order valence-electron chi connectivity index (χ2n) is 6.52. The first kappa shape index (κ1) is 17.6. The number of carbonyl (C=O) groups excluding carboxylic acids is 1. The summed E-state index contributed by atoms with van der Waals surface area (Å²) in [5.74, 6) is 0.698. The lowest BCUT2D eigenvalue weighted by molar-refractivity contribution is -0.122. The first-order valence-corrected chi connectivity index (χ1v) is 8.29. The molecule has 5 heteroatoms.